The molecule has 0 amide bonds. The predicted octanol–water partition coefficient (Wildman–Crippen LogP) is 3.65. The molecular formula is C11H6F3NO3S. The first kappa shape index (κ1) is 13.3. The fraction of sp³-hybridized carbons (Fsp3) is 0.0909. The van der Waals surface area contributed by atoms with E-state index in [-0.39, 0.29) is 10.9 Å². The van der Waals surface area contributed by atoms with Crippen LogP contribution < -0.4 is 4.74 Å². The Morgan fingerprint density at radius 3 is 2.37 bits per heavy atom. The van der Waals surface area contributed by atoms with Crippen molar-refractivity contribution >= 4 is 17.3 Å². The summed E-state index contributed by atoms with van der Waals surface area (Å²) in [7, 11) is 0. The molecule has 0 atom stereocenters. The molecule has 0 bridgehead atoms. The molecule has 0 spiro atoms. The molecule has 19 heavy (non-hydrogen) atoms. The van der Waals surface area contributed by atoms with Crippen LogP contribution >= 0.6 is 11.3 Å². The van der Waals surface area contributed by atoms with Crippen LogP contribution in [-0.4, -0.2) is 16.1 Å². The Morgan fingerprint density at radius 2 is 1.89 bits per heavy atom. The molecule has 100 valence electrons. The Hall–Kier alpha value is -2.09. The lowest BCUT2D eigenvalue weighted by molar-refractivity contribution is -0.141. The number of hydrogen-bond donors (Lipinski definition) is 1. The summed E-state index contributed by atoms with van der Waals surface area (Å²) in [5.41, 5.74) is -1.45. The van der Waals surface area contributed by atoms with Gasteiger partial charge in [0.25, 0.3) is 5.19 Å². The van der Waals surface area contributed by atoms with Crippen LogP contribution in [0.25, 0.3) is 0 Å². The summed E-state index contributed by atoms with van der Waals surface area (Å²) in [6, 6.07) is 8.01. The van der Waals surface area contributed by atoms with Gasteiger partial charge in [-0.3, -0.25) is 0 Å². The number of carbonyl (C=O) groups is 1. The molecule has 2 aromatic rings. The fourth-order valence-electron chi connectivity index (χ4n) is 1.27. The van der Waals surface area contributed by atoms with Crippen LogP contribution in [0.3, 0.4) is 0 Å². The number of ether oxygens (including phenoxy) is 1. The van der Waals surface area contributed by atoms with E-state index in [0.29, 0.717) is 11.3 Å². The fourth-order valence-corrected chi connectivity index (χ4v) is 2.07. The van der Waals surface area contributed by atoms with Gasteiger partial charge in [-0.25, -0.2) is 4.79 Å². The topological polar surface area (TPSA) is 59.4 Å². The first-order valence-electron chi connectivity index (χ1n) is 4.92. The third-order valence-electron chi connectivity index (χ3n) is 2.02. The molecule has 2 rings (SSSR count). The van der Waals surface area contributed by atoms with Crippen molar-refractivity contribution in [2.24, 2.45) is 0 Å². The Morgan fingerprint density at radius 1 is 1.26 bits per heavy atom. The Kier molecular flexibility index (Phi) is 3.43. The van der Waals surface area contributed by atoms with Gasteiger partial charge in [0.05, 0.1) is 0 Å². The number of hydrogen-bond acceptors (Lipinski definition) is 4. The molecule has 8 heteroatoms. The van der Waals surface area contributed by atoms with Gasteiger partial charge in [0.2, 0.25) is 0 Å². The summed E-state index contributed by atoms with van der Waals surface area (Å²) in [6.45, 7) is 0. The molecule has 0 radical (unpaired) electrons. The molecular weight excluding hydrogens is 283 g/mol. The first-order valence-corrected chi connectivity index (χ1v) is 5.74. The van der Waals surface area contributed by atoms with Gasteiger partial charge in [-0.05, 0) is 12.1 Å². The summed E-state index contributed by atoms with van der Waals surface area (Å²) in [6.07, 6.45) is -4.83. The normalized spacial score (nSPS) is 11.3. The Bertz CT molecular complexity index is 595. The molecule has 0 aliphatic heterocycles. The van der Waals surface area contributed by atoms with Crippen molar-refractivity contribution in [2.75, 3.05) is 0 Å². The maximum absolute atomic E-state index is 12.6. The number of benzene rings is 1. The van der Waals surface area contributed by atoms with E-state index in [0.717, 1.165) is 0 Å². The second kappa shape index (κ2) is 4.88. The van der Waals surface area contributed by atoms with Crippen molar-refractivity contribution in [3.8, 4) is 10.9 Å². The molecule has 1 aromatic carbocycles. The van der Waals surface area contributed by atoms with Gasteiger partial charge in [0, 0.05) is 0 Å². The highest BCUT2D eigenvalue weighted by Crippen LogP contribution is 2.38. The number of rotatable bonds is 3. The van der Waals surface area contributed by atoms with E-state index in [1.165, 1.54) is 12.1 Å². The lowest BCUT2D eigenvalue weighted by Gasteiger charge is -2.02. The average molecular weight is 289 g/mol. The minimum atomic E-state index is -4.83. The minimum absolute atomic E-state index is 0.280. The number of carboxylic acids is 1. The molecule has 0 saturated heterocycles. The number of halogens is 3. The highest BCUT2D eigenvalue weighted by atomic mass is 32.1. The second-order valence-electron chi connectivity index (χ2n) is 3.38. The Labute approximate surface area is 109 Å². The van der Waals surface area contributed by atoms with Crippen molar-refractivity contribution in [1.82, 2.24) is 4.98 Å². The SMILES string of the molecule is O=C(O)c1sc(Oc2ccccc2)nc1C(F)(F)F. The molecule has 0 aliphatic rings. The summed E-state index contributed by atoms with van der Waals surface area (Å²) in [5, 5.41) is 8.36. The monoisotopic (exact) mass is 289 g/mol. The van der Waals surface area contributed by atoms with E-state index < -0.39 is 22.7 Å². The summed E-state index contributed by atoms with van der Waals surface area (Å²) in [4.78, 5) is 13.0. The number of alkyl halides is 3. The Balaban J connectivity index is 2.36. The van der Waals surface area contributed by atoms with Crippen molar-refractivity contribution in [3.63, 3.8) is 0 Å². The third kappa shape index (κ3) is 3.02. The van der Waals surface area contributed by atoms with Crippen molar-refractivity contribution in [2.45, 2.75) is 6.18 Å². The van der Waals surface area contributed by atoms with E-state index in [9.17, 15) is 18.0 Å². The third-order valence-corrected chi connectivity index (χ3v) is 2.94. The molecule has 1 heterocycles. The van der Waals surface area contributed by atoms with E-state index >= 15 is 0 Å². The van der Waals surface area contributed by atoms with Crippen LogP contribution in [0, 0.1) is 0 Å². The smallest absolute Gasteiger partial charge is 0.435 e. The quantitative estimate of drug-likeness (QED) is 0.937. The number of carboxylic acid groups (broad SMARTS) is 1. The number of para-hydroxylation sites is 1. The van der Waals surface area contributed by atoms with Gasteiger partial charge in [0.1, 0.15) is 10.6 Å². The number of aromatic nitrogens is 1. The van der Waals surface area contributed by atoms with Gasteiger partial charge < -0.3 is 9.84 Å². The van der Waals surface area contributed by atoms with E-state index in [1.807, 2.05) is 0 Å². The molecule has 4 nitrogen and oxygen atoms in total. The summed E-state index contributed by atoms with van der Waals surface area (Å²) < 4.78 is 42.8. The van der Waals surface area contributed by atoms with Crippen molar-refractivity contribution in [1.29, 1.82) is 0 Å². The van der Waals surface area contributed by atoms with E-state index in [1.54, 1.807) is 18.2 Å². The van der Waals surface area contributed by atoms with Crippen molar-refractivity contribution in [3.05, 3.63) is 40.9 Å². The number of aromatic carboxylic acids is 1. The van der Waals surface area contributed by atoms with Gasteiger partial charge in [-0.15, -0.1) is 0 Å². The molecule has 1 aromatic heterocycles. The second-order valence-corrected chi connectivity index (χ2v) is 4.34. The maximum atomic E-state index is 12.6. The van der Waals surface area contributed by atoms with Crippen LogP contribution in [0.2, 0.25) is 0 Å². The van der Waals surface area contributed by atoms with Gasteiger partial charge in [0.15, 0.2) is 5.69 Å². The number of nitrogens with zero attached hydrogens (tertiary/aromatic N) is 1. The first-order chi connectivity index (χ1) is 8.88. The lowest BCUT2D eigenvalue weighted by atomic mass is 10.3. The van der Waals surface area contributed by atoms with Gasteiger partial charge >= 0.3 is 12.1 Å². The molecule has 0 aliphatic carbocycles. The van der Waals surface area contributed by atoms with Crippen LogP contribution in [0.1, 0.15) is 15.4 Å². The van der Waals surface area contributed by atoms with Gasteiger partial charge in [-0.2, -0.15) is 18.2 Å². The van der Waals surface area contributed by atoms with Gasteiger partial charge in [-0.1, -0.05) is 29.5 Å². The summed E-state index contributed by atoms with van der Waals surface area (Å²) >= 11 is 0.336. The predicted molar refractivity (Wildman–Crippen MR) is 60.6 cm³/mol. The largest absolute Gasteiger partial charge is 0.477 e. The van der Waals surface area contributed by atoms with Crippen molar-refractivity contribution < 1.29 is 27.8 Å². The summed E-state index contributed by atoms with van der Waals surface area (Å²) in [5.74, 6) is -1.41. The average Bonchev–Trinajstić information content (AvgIpc) is 2.74. The van der Waals surface area contributed by atoms with E-state index in [4.69, 9.17) is 9.84 Å². The zero-order chi connectivity index (χ0) is 14.0. The molecule has 0 saturated carbocycles. The highest BCUT2D eigenvalue weighted by molar-refractivity contribution is 7.15. The van der Waals surface area contributed by atoms with E-state index in [2.05, 4.69) is 4.98 Å². The lowest BCUT2D eigenvalue weighted by Crippen LogP contribution is -2.11. The van der Waals surface area contributed by atoms with Crippen LogP contribution in [-0.2, 0) is 6.18 Å². The number of thiazole rings is 1. The standard InChI is InChI=1S/C11H6F3NO3S/c12-11(13,14)8-7(9(16)17)19-10(15-8)18-6-4-2-1-3-5-6/h1-5H,(H,16,17). The van der Waals surface area contributed by atoms with Crippen LogP contribution in [0.5, 0.6) is 10.9 Å². The zero-order valence-corrected chi connectivity index (χ0v) is 9.96. The minimum Gasteiger partial charge on any atom is -0.477 e. The maximum Gasteiger partial charge on any atom is 0.435 e. The highest BCUT2D eigenvalue weighted by Gasteiger charge is 2.40. The van der Waals surface area contributed by atoms with Crippen LogP contribution in [0.4, 0.5) is 13.2 Å². The molecule has 0 fully saturated rings. The molecule has 1 N–H and O–H groups in total. The zero-order valence-electron chi connectivity index (χ0n) is 9.14. The van der Waals surface area contributed by atoms with Crippen LogP contribution in [0.15, 0.2) is 30.3 Å². The molecule has 0 unspecified atom stereocenters.